The zero-order valence-electron chi connectivity index (χ0n) is 13.8. The van der Waals surface area contributed by atoms with Crippen molar-refractivity contribution in [1.29, 1.82) is 0 Å². The van der Waals surface area contributed by atoms with E-state index in [1.807, 2.05) is 6.92 Å². The minimum absolute atomic E-state index is 0.0504. The van der Waals surface area contributed by atoms with Crippen molar-refractivity contribution < 1.29 is 13.2 Å². The number of rotatable bonds is 4. The number of H-pyrrole nitrogens is 1. The van der Waals surface area contributed by atoms with Crippen molar-refractivity contribution in [3.63, 3.8) is 0 Å². The van der Waals surface area contributed by atoms with Gasteiger partial charge < -0.3 is 11.1 Å². The monoisotopic (exact) mass is 364 g/mol. The van der Waals surface area contributed by atoms with E-state index in [9.17, 15) is 13.2 Å². The molecule has 8 nitrogen and oxygen atoms in total. The van der Waals surface area contributed by atoms with Crippen LogP contribution in [0.1, 0.15) is 35.5 Å². The van der Waals surface area contributed by atoms with Crippen molar-refractivity contribution in [3.05, 3.63) is 47.4 Å². The first kappa shape index (κ1) is 17.6. The van der Waals surface area contributed by atoms with Gasteiger partial charge in [-0.25, -0.2) is 15.0 Å². The molecular weight excluding hydrogens is 349 g/mol. The maximum Gasteiger partial charge on any atom is 0.421 e. The molecule has 136 valence electrons. The molecular formula is C15H15F3N8. The molecule has 0 radical (unpaired) electrons. The summed E-state index contributed by atoms with van der Waals surface area (Å²) < 4.78 is 38.9. The number of anilines is 3. The zero-order valence-corrected chi connectivity index (χ0v) is 13.8. The van der Waals surface area contributed by atoms with Gasteiger partial charge in [-0.2, -0.15) is 23.3 Å². The van der Waals surface area contributed by atoms with Crippen LogP contribution in [0.2, 0.25) is 0 Å². The SMILES string of the molecule is Cc1nc(Nc2c[nH]nc2C(C)c2ccncn2)nc(N)c1C(F)(F)F. The first-order chi connectivity index (χ1) is 12.3. The smallest absolute Gasteiger partial charge is 0.383 e. The van der Waals surface area contributed by atoms with Crippen LogP contribution in [-0.2, 0) is 6.18 Å². The molecule has 0 bridgehead atoms. The van der Waals surface area contributed by atoms with E-state index in [1.54, 1.807) is 18.5 Å². The summed E-state index contributed by atoms with van der Waals surface area (Å²) in [7, 11) is 0. The molecule has 1 atom stereocenters. The van der Waals surface area contributed by atoms with Crippen molar-refractivity contribution in [1.82, 2.24) is 30.1 Å². The Hall–Kier alpha value is -3.24. The number of aromatic amines is 1. The molecule has 0 aromatic carbocycles. The Morgan fingerprint density at radius 2 is 2.04 bits per heavy atom. The van der Waals surface area contributed by atoms with Crippen molar-refractivity contribution in [2.75, 3.05) is 11.1 Å². The fraction of sp³-hybridized carbons (Fsp3) is 0.267. The second kappa shape index (κ2) is 6.58. The number of aromatic nitrogens is 6. The number of hydrogen-bond acceptors (Lipinski definition) is 7. The van der Waals surface area contributed by atoms with Gasteiger partial charge in [0.05, 0.1) is 22.8 Å². The third-order valence-corrected chi connectivity index (χ3v) is 3.78. The molecule has 0 amide bonds. The van der Waals surface area contributed by atoms with Crippen molar-refractivity contribution >= 4 is 17.5 Å². The summed E-state index contributed by atoms with van der Waals surface area (Å²) in [5.41, 5.74) is 6.02. The van der Waals surface area contributed by atoms with Gasteiger partial charge in [0.15, 0.2) is 0 Å². The first-order valence-corrected chi connectivity index (χ1v) is 7.55. The summed E-state index contributed by atoms with van der Waals surface area (Å²) in [5, 5.41) is 9.74. The number of nitrogen functional groups attached to an aromatic ring is 1. The second-order valence-electron chi connectivity index (χ2n) is 5.56. The summed E-state index contributed by atoms with van der Waals surface area (Å²) in [6, 6.07) is 1.75. The number of nitrogens with zero attached hydrogens (tertiary/aromatic N) is 5. The van der Waals surface area contributed by atoms with Gasteiger partial charge in [-0.1, -0.05) is 6.92 Å². The molecule has 0 aliphatic carbocycles. The van der Waals surface area contributed by atoms with Gasteiger partial charge in [0.2, 0.25) is 5.95 Å². The predicted octanol–water partition coefficient (Wildman–Crippen LogP) is 2.79. The molecule has 11 heteroatoms. The van der Waals surface area contributed by atoms with Gasteiger partial charge in [-0.05, 0) is 13.0 Å². The normalized spacial score (nSPS) is 12.8. The highest BCUT2D eigenvalue weighted by atomic mass is 19.4. The standard InChI is InChI=1S/C15H15F3N8/c1-7(9-3-4-20-6-21-9)12-10(5-22-26-12)24-14-23-8(2)11(13(19)25-14)15(16,17)18/h3-7H,1-2H3,(H,22,26)(H3,19,23,24,25). The van der Waals surface area contributed by atoms with Gasteiger partial charge >= 0.3 is 6.18 Å². The Bertz CT molecular complexity index is 884. The lowest BCUT2D eigenvalue weighted by Crippen LogP contribution is -2.15. The lowest BCUT2D eigenvalue weighted by atomic mass is 10.0. The highest BCUT2D eigenvalue weighted by Crippen LogP contribution is 2.35. The Balaban J connectivity index is 1.91. The molecule has 3 aromatic heterocycles. The van der Waals surface area contributed by atoms with Crippen LogP contribution < -0.4 is 11.1 Å². The zero-order chi connectivity index (χ0) is 18.9. The van der Waals surface area contributed by atoms with Gasteiger partial charge in [0, 0.05) is 18.3 Å². The molecule has 0 saturated carbocycles. The lowest BCUT2D eigenvalue weighted by Gasteiger charge is -2.14. The van der Waals surface area contributed by atoms with Crippen LogP contribution in [0, 0.1) is 6.92 Å². The Morgan fingerprint density at radius 3 is 2.65 bits per heavy atom. The molecule has 3 heterocycles. The third-order valence-electron chi connectivity index (χ3n) is 3.78. The number of hydrogen-bond donors (Lipinski definition) is 3. The van der Waals surface area contributed by atoms with Crippen LogP contribution in [0.5, 0.6) is 0 Å². The number of nitrogens with two attached hydrogens (primary N) is 1. The van der Waals surface area contributed by atoms with Crippen LogP contribution in [0.25, 0.3) is 0 Å². The highest BCUT2D eigenvalue weighted by Gasteiger charge is 2.36. The molecule has 3 rings (SSSR count). The molecule has 0 aliphatic rings. The number of alkyl halides is 3. The van der Waals surface area contributed by atoms with Gasteiger partial charge in [-0.15, -0.1) is 0 Å². The molecule has 4 N–H and O–H groups in total. The van der Waals surface area contributed by atoms with E-state index in [0.717, 1.165) is 5.69 Å². The third kappa shape index (κ3) is 3.41. The van der Waals surface area contributed by atoms with Gasteiger partial charge in [-0.3, -0.25) is 5.10 Å². The minimum atomic E-state index is -4.62. The van der Waals surface area contributed by atoms with Crippen LogP contribution in [0.15, 0.2) is 24.8 Å². The van der Waals surface area contributed by atoms with Crippen LogP contribution >= 0.6 is 0 Å². The maximum absolute atomic E-state index is 13.0. The van der Waals surface area contributed by atoms with E-state index >= 15 is 0 Å². The van der Waals surface area contributed by atoms with Crippen molar-refractivity contribution in [3.8, 4) is 0 Å². The Morgan fingerprint density at radius 1 is 1.27 bits per heavy atom. The molecule has 0 fully saturated rings. The van der Waals surface area contributed by atoms with E-state index in [4.69, 9.17) is 5.73 Å². The number of aryl methyl sites for hydroxylation is 1. The average molecular weight is 364 g/mol. The highest BCUT2D eigenvalue weighted by molar-refractivity contribution is 5.59. The van der Waals surface area contributed by atoms with E-state index in [0.29, 0.717) is 11.4 Å². The van der Waals surface area contributed by atoms with Crippen molar-refractivity contribution in [2.45, 2.75) is 25.9 Å². The fourth-order valence-corrected chi connectivity index (χ4v) is 2.55. The quantitative estimate of drug-likeness (QED) is 0.651. The molecule has 3 aromatic rings. The second-order valence-corrected chi connectivity index (χ2v) is 5.56. The van der Waals surface area contributed by atoms with Gasteiger partial charge in [0.25, 0.3) is 0 Å². The summed E-state index contributed by atoms with van der Waals surface area (Å²) in [6.45, 7) is 3.11. The van der Waals surface area contributed by atoms with E-state index in [-0.39, 0.29) is 17.6 Å². The molecule has 0 aliphatic heterocycles. The number of halogens is 3. The Kier molecular flexibility index (Phi) is 4.45. The van der Waals surface area contributed by atoms with Crippen LogP contribution in [-0.4, -0.2) is 30.1 Å². The predicted molar refractivity (Wildman–Crippen MR) is 87.6 cm³/mol. The molecule has 1 unspecified atom stereocenters. The maximum atomic E-state index is 13.0. The van der Waals surface area contributed by atoms with Gasteiger partial charge in [0.1, 0.15) is 17.7 Å². The van der Waals surface area contributed by atoms with Crippen LogP contribution in [0.4, 0.5) is 30.6 Å². The summed E-state index contributed by atoms with van der Waals surface area (Å²) in [5.74, 6) is -0.883. The topological polar surface area (TPSA) is 118 Å². The van der Waals surface area contributed by atoms with Crippen molar-refractivity contribution in [2.24, 2.45) is 0 Å². The molecule has 0 spiro atoms. The van der Waals surface area contributed by atoms with Crippen LogP contribution in [0.3, 0.4) is 0 Å². The summed E-state index contributed by atoms with van der Waals surface area (Å²) in [6.07, 6.45) is -0.0230. The molecule has 26 heavy (non-hydrogen) atoms. The van der Waals surface area contributed by atoms with E-state index < -0.39 is 17.6 Å². The number of nitrogens with one attached hydrogen (secondary N) is 2. The van der Waals surface area contributed by atoms with E-state index in [2.05, 4.69) is 35.5 Å². The summed E-state index contributed by atoms with van der Waals surface area (Å²) >= 11 is 0. The fourth-order valence-electron chi connectivity index (χ4n) is 2.55. The van der Waals surface area contributed by atoms with E-state index in [1.165, 1.54) is 13.3 Å². The first-order valence-electron chi connectivity index (χ1n) is 7.55. The Labute approximate surface area is 146 Å². The molecule has 0 saturated heterocycles. The summed E-state index contributed by atoms with van der Waals surface area (Å²) in [4.78, 5) is 15.6. The largest absolute Gasteiger partial charge is 0.421 e. The minimum Gasteiger partial charge on any atom is -0.383 e. The lowest BCUT2D eigenvalue weighted by molar-refractivity contribution is -0.137. The average Bonchev–Trinajstić information content (AvgIpc) is 3.01.